The van der Waals surface area contributed by atoms with E-state index in [1.54, 1.807) is 0 Å². The molecule has 0 radical (unpaired) electrons. The summed E-state index contributed by atoms with van der Waals surface area (Å²) in [6, 6.07) is 7.87. The van der Waals surface area contributed by atoms with E-state index in [0.29, 0.717) is 6.61 Å². The maximum Gasteiger partial charge on any atom is 0.161 e. The van der Waals surface area contributed by atoms with Crippen LogP contribution in [0.25, 0.3) is 0 Å². The van der Waals surface area contributed by atoms with Crippen LogP contribution < -0.4 is 14.8 Å². The zero-order valence-corrected chi connectivity index (χ0v) is 13.2. The lowest BCUT2D eigenvalue weighted by atomic mass is 10.2. The van der Waals surface area contributed by atoms with Gasteiger partial charge in [0.2, 0.25) is 0 Å². The number of benzene rings is 1. The smallest absolute Gasteiger partial charge is 0.161 e. The van der Waals surface area contributed by atoms with Crippen molar-refractivity contribution in [2.75, 3.05) is 26.3 Å². The van der Waals surface area contributed by atoms with Gasteiger partial charge in [-0.25, -0.2) is 0 Å². The molecular weight excluding hydrogens is 250 g/mol. The van der Waals surface area contributed by atoms with Gasteiger partial charge >= 0.3 is 0 Å². The molecule has 0 atom stereocenters. The highest BCUT2D eigenvalue weighted by atomic mass is 16.5. The average Bonchev–Trinajstić information content (AvgIpc) is 2.43. The second-order valence-corrected chi connectivity index (χ2v) is 5.39. The van der Waals surface area contributed by atoms with Crippen molar-refractivity contribution in [1.82, 2.24) is 5.32 Å². The summed E-state index contributed by atoms with van der Waals surface area (Å²) in [6.45, 7) is 10.1. The Bertz CT molecular complexity index is 353. The molecular formula is C17H29NO2. The van der Waals surface area contributed by atoms with Crippen molar-refractivity contribution >= 4 is 0 Å². The van der Waals surface area contributed by atoms with Gasteiger partial charge in [0, 0.05) is 0 Å². The fraction of sp³-hybridized carbons (Fsp3) is 0.647. The Hall–Kier alpha value is -1.22. The van der Waals surface area contributed by atoms with Gasteiger partial charge in [-0.2, -0.15) is 0 Å². The number of hydrogen-bond donors (Lipinski definition) is 1. The quantitative estimate of drug-likeness (QED) is 0.624. The fourth-order valence-corrected chi connectivity index (χ4v) is 1.95. The van der Waals surface area contributed by atoms with Gasteiger partial charge in [-0.05, 0) is 57.3 Å². The van der Waals surface area contributed by atoms with Crippen LogP contribution >= 0.6 is 0 Å². The van der Waals surface area contributed by atoms with Crippen LogP contribution in [0.3, 0.4) is 0 Å². The topological polar surface area (TPSA) is 30.5 Å². The first-order valence-corrected chi connectivity index (χ1v) is 7.79. The summed E-state index contributed by atoms with van der Waals surface area (Å²) >= 11 is 0. The number of ether oxygens (including phenoxy) is 2. The van der Waals surface area contributed by atoms with Crippen molar-refractivity contribution < 1.29 is 9.47 Å². The van der Waals surface area contributed by atoms with Crippen LogP contribution in [0.4, 0.5) is 0 Å². The van der Waals surface area contributed by atoms with E-state index in [1.165, 1.54) is 12.8 Å². The number of para-hydroxylation sites is 2. The minimum atomic E-state index is 0.669. The van der Waals surface area contributed by atoms with Crippen LogP contribution in [0, 0.1) is 5.92 Å². The SMILES string of the molecule is CCOc1ccccc1OCCCCCNCC(C)C. The van der Waals surface area contributed by atoms with Crippen LogP contribution in [0.1, 0.15) is 40.0 Å². The molecule has 0 aliphatic carbocycles. The van der Waals surface area contributed by atoms with Gasteiger partial charge in [0.15, 0.2) is 11.5 Å². The van der Waals surface area contributed by atoms with Crippen LogP contribution in [-0.4, -0.2) is 26.3 Å². The number of hydrogen-bond acceptors (Lipinski definition) is 3. The van der Waals surface area contributed by atoms with E-state index in [0.717, 1.165) is 43.5 Å². The molecule has 1 rings (SSSR count). The van der Waals surface area contributed by atoms with Crippen LogP contribution in [-0.2, 0) is 0 Å². The molecule has 0 spiro atoms. The largest absolute Gasteiger partial charge is 0.490 e. The Balaban J connectivity index is 2.09. The zero-order valence-electron chi connectivity index (χ0n) is 13.2. The molecule has 1 aromatic rings. The Morgan fingerprint density at radius 2 is 1.70 bits per heavy atom. The third-order valence-corrected chi connectivity index (χ3v) is 2.96. The highest BCUT2D eigenvalue weighted by Gasteiger charge is 2.02. The predicted octanol–water partition coefficient (Wildman–Crippen LogP) is 3.88. The Labute approximate surface area is 123 Å². The third kappa shape index (κ3) is 7.39. The van der Waals surface area contributed by atoms with Crippen molar-refractivity contribution in [2.24, 2.45) is 5.92 Å². The van der Waals surface area contributed by atoms with Crippen molar-refractivity contribution in [2.45, 2.75) is 40.0 Å². The summed E-state index contributed by atoms with van der Waals surface area (Å²) in [5.41, 5.74) is 0. The van der Waals surface area contributed by atoms with Crippen molar-refractivity contribution in [1.29, 1.82) is 0 Å². The molecule has 0 aromatic heterocycles. The fourth-order valence-electron chi connectivity index (χ4n) is 1.95. The Kier molecular flexibility index (Phi) is 8.88. The summed E-state index contributed by atoms with van der Waals surface area (Å²) in [5.74, 6) is 2.43. The van der Waals surface area contributed by atoms with Gasteiger partial charge in [0.1, 0.15) is 0 Å². The van der Waals surface area contributed by atoms with E-state index in [-0.39, 0.29) is 0 Å². The molecule has 0 unspecified atom stereocenters. The highest BCUT2D eigenvalue weighted by molar-refractivity contribution is 5.39. The second kappa shape index (κ2) is 10.6. The molecule has 20 heavy (non-hydrogen) atoms. The molecule has 0 aliphatic heterocycles. The van der Waals surface area contributed by atoms with Gasteiger partial charge in [-0.1, -0.05) is 26.0 Å². The lowest BCUT2D eigenvalue weighted by Gasteiger charge is -2.11. The summed E-state index contributed by atoms with van der Waals surface area (Å²) in [4.78, 5) is 0. The Morgan fingerprint density at radius 3 is 2.35 bits per heavy atom. The van der Waals surface area contributed by atoms with Crippen molar-refractivity contribution in [3.8, 4) is 11.5 Å². The monoisotopic (exact) mass is 279 g/mol. The van der Waals surface area contributed by atoms with Gasteiger partial charge in [-0.3, -0.25) is 0 Å². The normalized spacial score (nSPS) is 10.8. The maximum atomic E-state index is 5.79. The number of rotatable bonds is 11. The van der Waals surface area contributed by atoms with Crippen LogP contribution in [0.5, 0.6) is 11.5 Å². The molecule has 0 saturated heterocycles. The maximum absolute atomic E-state index is 5.79. The average molecular weight is 279 g/mol. The molecule has 0 fully saturated rings. The lowest BCUT2D eigenvalue weighted by molar-refractivity contribution is 0.270. The summed E-state index contributed by atoms with van der Waals surface area (Å²) in [7, 11) is 0. The van der Waals surface area contributed by atoms with Crippen molar-refractivity contribution in [3.05, 3.63) is 24.3 Å². The summed E-state index contributed by atoms with van der Waals surface area (Å²) in [6.07, 6.45) is 3.49. The van der Waals surface area contributed by atoms with Gasteiger partial charge in [0.25, 0.3) is 0 Å². The molecule has 0 heterocycles. The van der Waals surface area contributed by atoms with E-state index < -0.39 is 0 Å². The van der Waals surface area contributed by atoms with Gasteiger partial charge in [0.05, 0.1) is 13.2 Å². The predicted molar refractivity (Wildman–Crippen MR) is 84.7 cm³/mol. The second-order valence-electron chi connectivity index (χ2n) is 5.39. The van der Waals surface area contributed by atoms with Crippen LogP contribution in [0.15, 0.2) is 24.3 Å². The highest BCUT2D eigenvalue weighted by Crippen LogP contribution is 2.26. The van der Waals surface area contributed by atoms with Gasteiger partial charge in [-0.15, -0.1) is 0 Å². The van der Waals surface area contributed by atoms with E-state index in [4.69, 9.17) is 9.47 Å². The number of unbranched alkanes of at least 4 members (excludes halogenated alkanes) is 2. The lowest BCUT2D eigenvalue weighted by Crippen LogP contribution is -2.20. The first-order chi connectivity index (χ1) is 9.74. The summed E-state index contributed by atoms with van der Waals surface area (Å²) in [5, 5.41) is 3.46. The molecule has 3 nitrogen and oxygen atoms in total. The van der Waals surface area contributed by atoms with Crippen LogP contribution in [0.2, 0.25) is 0 Å². The first-order valence-electron chi connectivity index (χ1n) is 7.79. The first kappa shape index (κ1) is 16.8. The molecule has 1 N–H and O–H groups in total. The molecule has 0 aliphatic rings. The summed E-state index contributed by atoms with van der Waals surface area (Å²) < 4.78 is 11.3. The molecule has 1 aromatic carbocycles. The van der Waals surface area contributed by atoms with Gasteiger partial charge < -0.3 is 14.8 Å². The minimum absolute atomic E-state index is 0.669. The molecule has 3 heteroatoms. The van der Waals surface area contributed by atoms with E-state index in [2.05, 4.69) is 19.2 Å². The zero-order chi connectivity index (χ0) is 14.6. The third-order valence-electron chi connectivity index (χ3n) is 2.96. The molecule has 0 saturated carbocycles. The van der Waals surface area contributed by atoms with E-state index >= 15 is 0 Å². The number of nitrogens with one attached hydrogen (secondary N) is 1. The standard InChI is InChI=1S/C17H29NO2/c1-4-19-16-10-6-7-11-17(16)20-13-9-5-8-12-18-14-15(2)3/h6-7,10-11,15,18H,4-5,8-9,12-14H2,1-3H3. The minimum Gasteiger partial charge on any atom is -0.490 e. The van der Waals surface area contributed by atoms with E-state index in [1.807, 2.05) is 31.2 Å². The Morgan fingerprint density at radius 1 is 1.00 bits per heavy atom. The molecule has 0 bridgehead atoms. The van der Waals surface area contributed by atoms with Crippen molar-refractivity contribution in [3.63, 3.8) is 0 Å². The van der Waals surface area contributed by atoms with E-state index in [9.17, 15) is 0 Å². The molecule has 0 amide bonds. The molecule has 114 valence electrons.